The second kappa shape index (κ2) is 7.55. The molecule has 0 N–H and O–H groups in total. The summed E-state index contributed by atoms with van der Waals surface area (Å²) in [6.07, 6.45) is 0. The van der Waals surface area contributed by atoms with E-state index in [4.69, 9.17) is 23.2 Å². The molecule has 1 saturated heterocycles. The van der Waals surface area contributed by atoms with Crippen LogP contribution in [0, 0.1) is 0 Å². The summed E-state index contributed by atoms with van der Waals surface area (Å²) in [5.41, 5.74) is 0.909. The highest BCUT2D eigenvalue weighted by atomic mass is 35.5. The maximum atomic E-state index is 12.1. The van der Waals surface area contributed by atoms with Gasteiger partial charge in [0.15, 0.2) is 0 Å². The molecule has 0 aromatic heterocycles. The highest BCUT2D eigenvalue weighted by Crippen LogP contribution is 2.28. The van der Waals surface area contributed by atoms with Gasteiger partial charge in [0.1, 0.15) is 0 Å². The number of carbonyl (C=O) groups is 1. The minimum atomic E-state index is 0.200. The van der Waals surface area contributed by atoms with Crippen LogP contribution in [0.3, 0.4) is 0 Å². The predicted molar refractivity (Wildman–Crippen MR) is 86.7 cm³/mol. The molecule has 0 spiro atoms. The lowest BCUT2D eigenvalue weighted by molar-refractivity contribution is -0.129. The average molecular weight is 333 g/mol. The zero-order valence-corrected chi connectivity index (χ0v) is 13.8. The number of amides is 1. The number of thioether (sulfide) groups is 1. The molecule has 20 heavy (non-hydrogen) atoms. The third-order valence-corrected chi connectivity index (χ3v) is 5.04. The van der Waals surface area contributed by atoms with Crippen molar-refractivity contribution in [2.24, 2.45) is 0 Å². The Kier molecular flexibility index (Phi) is 6.02. The molecule has 0 bridgehead atoms. The van der Waals surface area contributed by atoms with Gasteiger partial charge in [-0.25, -0.2) is 0 Å². The Morgan fingerprint density at radius 3 is 2.40 bits per heavy atom. The van der Waals surface area contributed by atoms with Crippen LogP contribution in [0.4, 0.5) is 0 Å². The number of benzene rings is 1. The van der Waals surface area contributed by atoms with E-state index in [-0.39, 0.29) is 5.91 Å². The second-order valence-electron chi connectivity index (χ2n) is 4.88. The van der Waals surface area contributed by atoms with Crippen LogP contribution in [-0.4, -0.2) is 54.7 Å². The summed E-state index contributed by atoms with van der Waals surface area (Å²) in [7, 11) is 2.08. The van der Waals surface area contributed by atoms with Crippen LogP contribution in [0.15, 0.2) is 18.2 Å². The van der Waals surface area contributed by atoms with Gasteiger partial charge in [0, 0.05) is 42.0 Å². The van der Waals surface area contributed by atoms with E-state index < -0.39 is 0 Å². The fourth-order valence-electron chi connectivity index (χ4n) is 2.06. The van der Waals surface area contributed by atoms with Crippen molar-refractivity contribution in [1.82, 2.24) is 9.80 Å². The molecule has 1 aromatic carbocycles. The lowest BCUT2D eigenvalue weighted by Crippen LogP contribution is -2.47. The van der Waals surface area contributed by atoms with Gasteiger partial charge in [-0.1, -0.05) is 29.3 Å². The predicted octanol–water partition coefficient (Wildman–Crippen LogP) is 3.00. The van der Waals surface area contributed by atoms with E-state index in [1.54, 1.807) is 11.8 Å². The monoisotopic (exact) mass is 332 g/mol. The summed E-state index contributed by atoms with van der Waals surface area (Å²) in [5.74, 6) is 1.34. The minimum Gasteiger partial charge on any atom is -0.339 e. The van der Waals surface area contributed by atoms with Crippen molar-refractivity contribution in [2.45, 2.75) is 5.75 Å². The minimum absolute atomic E-state index is 0.200. The van der Waals surface area contributed by atoms with Crippen LogP contribution < -0.4 is 0 Å². The maximum Gasteiger partial charge on any atom is 0.232 e. The third-order valence-electron chi connectivity index (χ3n) is 3.39. The van der Waals surface area contributed by atoms with Gasteiger partial charge in [-0.3, -0.25) is 4.79 Å². The molecule has 0 aliphatic carbocycles. The first-order valence-corrected chi connectivity index (χ1v) is 8.46. The van der Waals surface area contributed by atoms with Crippen LogP contribution in [-0.2, 0) is 10.5 Å². The molecular weight excluding hydrogens is 315 g/mol. The molecule has 1 aliphatic rings. The van der Waals surface area contributed by atoms with Crippen molar-refractivity contribution in [3.8, 4) is 0 Å². The van der Waals surface area contributed by atoms with Crippen molar-refractivity contribution in [1.29, 1.82) is 0 Å². The molecule has 1 fully saturated rings. The van der Waals surface area contributed by atoms with Gasteiger partial charge < -0.3 is 9.80 Å². The van der Waals surface area contributed by atoms with Gasteiger partial charge in [-0.2, -0.15) is 0 Å². The molecular formula is C14H18Cl2N2OS. The number of hydrogen-bond acceptors (Lipinski definition) is 3. The number of nitrogens with zero attached hydrogens (tertiary/aromatic N) is 2. The molecule has 0 atom stereocenters. The Morgan fingerprint density at radius 2 is 1.80 bits per heavy atom. The van der Waals surface area contributed by atoms with Crippen molar-refractivity contribution < 1.29 is 4.79 Å². The first kappa shape index (κ1) is 16.0. The summed E-state index contributed by atoms with van der Waals surface area (Å²) in [6, 6.07) is 5.48. The lowest BCUT2D eigenvalue weighted by Gasteiger charge is -2.32. The quantitative estimate of drug-likeness (QED) is 0.846. The zero-order chi connectivity index (χ0) is 14.5. The van der Waals surface area contributed by atoms with E-state index in [1.807, 2.05) is 23.1 Å². The van der Waals surface area contributed by atoms with Crippen LogP contribution in [0.5, 0.6) is 0 Å². The topological polar surface area (TPSA) is 23.6 Å². The summed E-state index contributed by atoms with van der Waals surface area (Å²) in [4.78, 5) is 16.3. The number of rotatable bonds is 4. The maximum absolute atomic E-state index is 12.1. The van der Waals surface area contributed by atoms with E-state index in [0.717, 1.165) is 31.7 Å². The fraction of sp³-hybridized carbons (Fsp3) is 0.500. The van der Waals surface area contributed by atoms with E-state index in [9.17, 15) is 4.79 Å². The van der Waals surface area contributed by atoms with E-state index in [1.165, 1.54) is 0 Å². The first-order chi connectivity index (χ1) is 9.58. The summed E-state index contributed by atoms with van der Waals surface area (Å²) < 4.78 is 0. The van der Waals surface area contributed by atoms with Gasteiger partial charge >= 0.3 is 0 Å². The Bertz CT molecular complexity index is 456. The second-order valence-corrected chi connectivity index (χ2v) is 6.68. The van der Waals surface area contributed by atoms with Gasteiger partial charge in [-0.15, -0.1) is 11.8 Å². The molecule has 2 rings (SSSR count). The Labute approximate surface area is 134 Å². The molecule has 1 amide bonds. The standard InChI is InChI=1S/C14H18Cl2N2OS/c1-17-5-7-18(8-6-17)14(19)10-20-9-11-12(15)3-2-4-13(11)16/h2-4H,5-10H2,1H3. The number of piperazine rings is 1. The van der Waals surface area contributed by atoms with Crippen molar-refractivity contribution in [2.75, 3.05) is 39.0 Å². The smallest absolute Gasteiger partial charge is 0.232 e. The molecule has 1 heterocycles. The highest BCUT2D eigenvalue weighted by molar-refractivity contribution is 7.99. The fourth-order valence-corrected chi connectivity index (χ4v) is 3.72. The lowest BCUT2D eigenvalue weighted by atomic mass is 10.2. The summed E-state index contributed by atoms with van der Waals surface area (Å²) in [5, 5.41) is 1.33. The van der Waals surface area contributed by atoms with E-state index >= 15 is 0 Å². The summed E-state index contributed by atoms with van der Waals surface area (Å²) in [6.45, 7) is 3.55. The van der Waals surface area contributed by atoms with E-state index in [0.29, 0.717) is 21.6 Å². The number of hydrogen-bond donors (Lipinski definition) is 0. The molecule has 0 radical (unpaired) electrons. The van der Waals surface area contributed by atoms with Gasteiger partial charge in [0.25, 0.3) is 0 Å². The number of halogens is 2. The molecule has 0 saturated carbocycles. The third kappa shape index (κ3) is 4.29. The van der Waals surface area contributed by atoms with Crippen LogP contribution in [0.25, 0.3) is 0 Å². The summed E-state index contributed by atoms with van der Waals surface area (Å²) >= 11 is 13.8. The average Bonchev–Trinajstić information content (AvgIpc) is 2.42. The van der Waals surface area contributed by atoms with Crippen molar-refractivity contribution in [3.63, 3.8) is 0 Å². The molecule has 3 nitrogen and oxygen atoms in total. The first-order valence-electron chi connectivity index (χ1n) is 6.55. The zero-order valence-electron chi connectivity index (χ0n) is 11.4. The normalized spacial score (nSPS) is 16.4. The van der Waals surface area contributed by atoms with Gasteiger partial charge in [0.05, 0.1) is 5.75 Å². The molecule has 0 unspecified atom stereocenters. The molecule has 1 aromatic rings. The van der Waals surface area contributed by atoms with Crippen LogP contribution in [0.1, 0.15) is 5.56 Å². The molecule has 1 aliphatic heterocycles. The number of carbonyl (C=O) groups excluding carboxylic acids is 1. The van der Waals surface area contributed by atoms with Gasteiger partial charge in [-0.05, 0) is 24.7 Å². The van der Waals surface area contributed by atoms with Crippen LogP contribution in [0.2, 0.25) is 10.0 Å². The van der Waals surface area contributed by atoms with E-state index in [2.05, 4.69) is 11.9 Å². The Hall–Kier alpha value is -0.420. The largest absolute Gasteiger partial charge is 0.339 e. The SMILES string of the molecule is CN1CCN(C(=O)CSCc2c(Cl)cccc2Cl)CC1. The molecule has 6 heteroatoms. The highest BCUT2D eigenvalue weighted by Gasteiger charge is 2.18. The van der Waals surface area contributed by atoms with Gasteiger partial charge in [0.2, 0.25) is 5.91 Å². The van der Waals surface area contributed by atoms with Crippen molar-refractivity contribution in [3.05, 3.63) is 33.8 Å². The molecule has 110 valence electrons. The number of likely N-dealkylation sites (N-methyl/N-ethyl adjacent to an activating group) is 1. The van der Waals surface area contributed by atoms with Crippen LogP contribution >= 0.6 is 35.0 Å². The Morgan fingerprint density at radius 1 is 1.20 bits per heavy atom. The Balaban J connectivity index is 1.79. The van der Waals surface area contributed by atoms with Crippen molar-refractivity contribution >= 4 is 40.9 Å².